The van der Waals surface area contributed by atoms with Crippen molar-refractivity contribution in [1.82, 2.24) is 19.1 Å². The van der Waals surface area contributed by atoms with Crippen LogP contribution in [0.25, 0.3) is 5.69 Å². The summed E-state index contributed by atoms with van der Waals surface area (Å²) in [7, 11) is -3.29. The fourth-order valence-electron chi connectivity index (χ4n) is 2.71. The molecule has 1 fully saturated rings. The number of nitrogens with one attached hydrogen (secondary N) is 1. The largest absolute Gasteiger partial charge is 0.350 e. The molecule has 0 radical (unpaired) electrons. The maximum absolute atomic E-state index is 12.7. The summed E-state index contributed by atoms with van der Waals surface area (Å²) < 4.78 is 29.3. The van der Waals surface area contributed by atoms with Crippen molar-refractivity contribution in [3.8, 4) is 5.69 Å². The molecule has 7 nitrogen and oxygen atoms in total. The first-order valence-electron chi connectivity index (χ1n) is 8.74. The molecule has 0 spiro atoms. The number of rotatable bonds is 9. The van der Waals surface area contributed by atoms with Gasteiger partial charge in [0.25, 0.3) is 0 Å². The molecule has 1 aliphatic rings. The van der Waals surface area contributed by atoms with E-state index in [1.165, 1.54) is 4.68 Å². The normalized spacial score (nSPS) is 14.8. The summed E-state index contributed by atoms with van der Waals surface area (Å²) in [6.07, 6.45) is 3.52. The molecule has 3 rings (SSSR count). The van der Waals surface area contributed by atoms with E-state index in [0.717, 1.165) is 30.8 Å². The van der Waals surface area contributed by atoms with Gasteiger partial charge < -0.3 is 0 Å². The van der Waals surface area contributed by atoms with Crippen LogP contribution < -0.4 is 10.4 Å². The molecule has 1 N–H and O–H groups in total. The van der Waals surface area contributed by atoms with E-state index >= 15 is 0 Å². The van der Waals surface area contributed by atoms with Crippen LogP contribution in [-0.4, -0.2) is 35.1 Å². The zero-order valence-corrected chi connectivity index (χ0v) is 15.2. The summed E-state index contributed by atoms with van der Waals surface area (Å²) in [4.78, 5) is 12.7. The highest BCUT2D eigenvalue weighted by Crippen LogP contribution is 2.39. The minimum Gasteiger partial charge on any atom is -0.247 e. The smallest absolute Gasteiger partial charge is 0.247 e. The van der Waals surface area contributed by atoms with Crippen LogP contribution in [0.5, 0.6) is 0 Å². The lowest BCUT2D eigenvalue weighted by Crippen LogP contribution is -2.33. The Morgan fingerprint density at radius 3 is 2.60 bits per heavy atom. The van der Waals surface area contributed by atoms with E-state index in [0.29, 0.717) is 12.3 Å². The summed E-state index contributed by atoms with van der Waals surface area (Å²) in [6, 6.07) is 9.44. The van der Waals surface area contributed by atoms with Gasteiger partial charge in [0.2, 0.25) is 10.0 Å². The Morgan fingerprint density at radius 1 is 1.24 bits per heavy atom. The molecule has 1 aliphatic carbocycles. The Morgan fingerprint density at radius 2 is 1.96 bits per heavy atom. The number of para-hydroxylation sites is 1. The lowest BCUT2D eigenvalue weighted by atomic mass is 10.3. The highest BCUT2D eigenvalue weighted by atomic mass is 32.2. The van der Waals surface area contributed by atoms with Crippen molar-refractivity contribution >= 4 is 10.0 Å². The first kappa shape index (κ1) is 17.9. The van der Waals surface area contributed by atoms with E-state index in [1.54, 1.807) is 4.57 Å². The zero-order valence-electron chi connectivity index (χ0n) is 14.4. The second-order valence-corrected chi connectivity index (χ2v) is 8.30. The fraction of sp³-hybridized carbons (Fsp3) is 0.529. The van der Waals surface area contributed by atoms with E-state index in [1.807, 2.05) is 37.3 Å². The van der Waals surface area contributed by atoms with Crippen molar-refractivity contribution < 1.29 is 8.42 Å². The van der Waals surface area contributed by atoms with Gasteiger partial charge in [-0.3, -0.25) is 0 Å². The van der Waals surface area contributed by atoms with Gasteiger partial charge in [-0.05, 0) is 31.4 Å². The topological polar surface area (TPSA) is 86.0 Å². The quantitative estimate of drug-likeness (QED) is 0.733. The summed E-state index contributed by atoms with van der Waals surface area (Å²) in [5.74, 6) is 1.20. The monoisotopic (exact) mass is 364 g/mol. The van der Waals surface area contributed by atoms with Crippen LogP contribution in [0.2, 0.25) is 0 Å². The molecule has 0 atom stereocenters. The highest BCUT2D eigenvalue weighted by molar-refractivity contribution is 7.89. The summed E-state index contributed by atoms with van der Waals surface area (Å²) in [6.45, 7) is 2.34. The SMILES string of the molecule is CCCCS(=O)(=O)NCCn1nc(C2CC2)n(-c2ccccc2)c1=O. The van der Waals surface area contributed by atoms with Crippen molar-refractivity contribution in [2.75, 3.05) is 12.3 Å². The third kappa shape index (κ3) is 4.38. The number of nitrogens with zero attached hydrogens (tertiary/aromatic N) is 3. The van der Waals surface area contributed by atoms with Crippen LogP contribution in [0.3, 0.4) is 0 Å². The Balaban J connectivity index is 1.76. The first-order valence-corrected chi connectivity index (χ1v) is 10.4. The maximum atomic E-state index is 12.7. The first-order chi connectivity index (χ1) is 12.0. The molecular weight excluding hydrogens is 340 g/mol. The molecule has 1 heterocycles. The van der Waals surface area contributed by atoms with E-state index in [-0.39, 0.29) is 24.5 Å². The molecule has 1 aromatic heterocycles. The van der Waals surface area contributed by atoms with Gasteiger partial charge in [-0.25, -0.2) is 27.2 Å². The second-order valence-electron chi connectivity index (χ2n) is 6.38. The minimum atomic E-state index is -3.29. The Kier molecular flexibility index (Phi) is 5.39. The predicted octanol–water partition coefficient (Wildman–Crippen LogP) is 1.63. The number of aromatic nitrogens is 3. The third-order valence-electron chi connectivity index (χ3n) is 4.23. The number of sulfonamides is 1. The summed E-state index contributed by atoms with van der Waals surface area (Å²) in [5.41, 5.74) is 0.574. The Hall–Kier alpha value is -1.93. The average molecular weight is 364 g/mol. The van der Waals surface area contributed by atoms with Gasteiger partial charge in [0.15, 0.2) is 0 Å². The lowest BCUT2D eigenvalue weighted by molar-refractivity contribution is 0.549. The lowest BCUT2D eigenvalue weighted by Gasteiger charge is -2.05. The van der Waals surface area contributed by atoms with E-state index in [9.17, 15) is 13.2 Å². The third-order valence-corrected chi connectivity index (χ3v) is 5.70. The molecule has 1 saturated carbocycles. The molecule has 2 aromatic rings. The zero-order chi connectivity index (χ0) is 17.9. The molecule has 0 unspecified atom stereocenters. The van der Waals surface area contributed by atoms with Crippen LogP contribution >= 0.6 is 0 Å². The molecule has 0 saturated heterocycles. The molecule has 0 bridgehead atoms. The van der Waals surface area contributed by atoms with Crippen LogP contribution in [0.4, 0.5) is 0 Å². The van der Waals surface area contributed by atoms with E-state index in [2.05, 4.69) is 9.82 Å². The number of hydrogen-bond acceptors (Lipinski definition) is 4. The summed E-state index contributed by atoms with van der Waals surface area (Å²) >= 11 is 0. The molecule has 136 valence electrons. The van der Waals surface area contributed by atoms with Crippen molar-refractivity contribution in [2.24, 2.45) is 0 Å². The standard InChI is InChI=1S/C17H24N4O3S/c1-2-3-13-25(23,24)18-11-12-20-17(22)21(15-7-5-4-6-8-15)16(19-20)14-9-10-14/h4-8,14,18H,2-3,9-13H2,1H3. The van der Waals surface area contributed by atoms with Gasteiger partial charge in [-0.1, -0.05) is 31.5 Å². The number of hydrogen-bond donors (Lipinski definition) is 1. The molecule has 25 heavy (non-hydrogen) atoms. The van der Waals surface area contributed by atoms with E-state index in [4.69, 9.17) is 0 Å². The molecule has 1 aromatic carbocycles. The summed E-state index contributed by atoms with van der Waals surface area (Å²) in [5, 5.41) is 4.46. The number of unbranched alkanes of at least 4 members (excludes halogenated alkanes) is 1. The van der Waals surface area contributed by atoms with Gasteiger partial charge in [0.1, 0.15) is 5.82 Å². The van der Waals surface area contributed by atoms with E-state index < -0.39 is 10.0 Å². The maximum Gasteiger partial charge on any atom is 0.350 e. The molecular formula is C17H24N4O3S. The Labute approximate surface area is 147 Å². The fourth-order valence-corrected chi connectivity index (χ4v) is 3.92. The number of benzene rings is 1. The van der Waals surface area contributed by atoms with Crippen molar-refractivity contribution in [3.63, 3.8) is 0 Å². The predicted molar refractivity (Wildman–Crippen MR) is 96.5 cm³/mol. The molecule has 0 amide bonds. The van der Waals surface area contributed by atoms with Crippen LogP contribution in [0, 0.1) is 0 Å². The molecule has 0 aliphatic heterocycles. The minimum absolute atomic E-state index is 0.115. The second kappa shape index (κ2) is 7.53. The van der Waals surface area contributed by atoms with Crippen LogP contribution in [0.1, 0.15) is 44.3 Å². The van der Waals surface area contributed by atoms with Crippen LogP contribution in [-0.2, 0) is 16.6 Å². The van der Waals surface area contributed by atoms with Gasteiger partial charge in [0, 0.05) is 12.5 Å². The highest BCUT2D eigenvalue weighted by Gasteiger charge is 2.31. The average Bonchev–Trinajstić information content (AvgIpc) is 3.39. The van der Waals surface area contributed by atoms with Gasteiger partial charge in [-0.15, -0.1) is 0 Å². The van der Waals surface area contributed by atoms with Crippen LogP contribution in [0.15, 0.2) is 35.1 Å². The van der Waals surface area contributed by atoms with Crippen molar-refractivity contribution in [1.29, 1.82) is 0 Å². The van der Waals surface area contributed by atoms with Gasteiger partial charge in [-0.2, -0.15) is 5.10 Å². The molecule has 8 heteroatoms. The van der Waals surface area contributed by atoms with Gasteiger partial charge in [0.05, 0.1) is 18.0 Å². The van der Waals surface area contributed by atoms with Crippen molar-refractivity contribution in [2.45, 2.75) is 45.1 Å². The van der Waals surface area contributed by atoms with Crippen molar-refractivity contribution in [3.05, 3.63) is 46.6 Å². The van der Waals surface area contributed by atoms with Gasteiger partial charge >= 0.3 is 5.69 Å². The Bertz CT molecular complexity index is 867.